The van der Waals surface area contributed by atoms with Crippen LogP contribution in [0.3, 0.4) is 0 Å². The lowest BCUT2D eigenvalue weighted by atomic mass is 10.1. The summed E-state index contributed by atoms with van der Waals surface area (Å²) in [6.07, 6.45) is 0. The number of carbonyl (C=O) groups is 2. The molecule has 150 valence electrons. The molecule has 0 saturated carbocycles. The van der Waals surface area contributed by atoms with Gasteiger partial charge >= 0.3 is 29.9 Å². The van der Waals surface area contributed by atoms with E-state index < -0.39 is 59.7 Å². The Morgan fingerprint density at radius 1 is 0.778 bits per heavy atom. The van der Waals surface area contributed by atoms with Crippen molar-refractivity contribution in [2.45, 2.75) is 11.4 Å². The Labute approximate surface area is 144 Å². The molecule has 0 atom stereocenters. The van der Waals surface area contributed by atoms with Gasteiger partial charge in [0.15, 0.2) is 19.8 Å². The molecule has 0 aliphatic carbocycles. The molecule has 20 nitrogen and oxygen atoms in total. The third-order valence-electron chi connectivity index (χ3n) is 3.01. The topological polar surface area (TPSA) is 272 Å². The van der Waals surface area contributed by atoms with Crippen LogP contribution >= 0.6 is 0 Å². The van der Waals surface area contributed by atoms with Crippen molar-refractivity contribution in [3.8, 4) is 0 Å². The summed E-state index contributed by atoms with van der Waals surface area (Å²) in [6.45, 7) is -2.63. The van der Waals surface area contributed by atoms with E-state index in [1.54, 1.807) is 0 Å². The molecule has 0 spiro atoms. The van der Waals surface area contributed by atoms with Crippen LogP contribution in [0.4, 0.5) is 0 Å². The minimum absolute atomic E-state index is 0.406. The van der Waals surface area contributed by atoms with Gasteiger partial charge in [0.2, 0.25) is 0 Å². The first-order chi connectivity index (χ1) is 12.3. The second-order valence-corrected chi connectivity index (χ2v) is 4.25. The van der Waals surface area contributed by atoms with Crippen molar-refractivity contribution >= 4 is 11.9 Å². The van der Waals surface area contributed by atoms with Crippen LogP contribution in [0.1, 0.15) is 0 Å². The third-order valence-corrected chi connectivity index (χ3v) is 3.01. The first-order valence-corrected chi connectivity index (χ1v) is 5.95. The van der Waals surface area contributed by atoms with E-state index in [1.165, 1.54) is 0 Å². The molecule has 0 aromatic heterocycles. The van der Waals surface area contributed by atoms with Crippen molar-refractivity contribution in [1.29, 1.82) is 0 Å². The number of rotatable bonds is 10. The molecule has 0 heterocycles. The fourth-order valence-corrected chi connectivity index (χ4v) is 1.69. The van der Waals surface area contributed by atoms with Crippen molar-refractivity contribution in [2.75, 3.05) is 20.8 Å². The fraction of sp³-hybridized carbons (Fsp3) is 0.714. The zero-order chi connectivity index (χ0) is 21.7. The van der Waals surface area contributed by atoms with Crippen molar-refractivity contribution in [1.82, 2.24) is 5.01 Å². The lowest BCUT2D eigenvalue weighted by Crippen LogP contribution is -2.72. The van der Waals surface area contributed by atoms with Gasteiger partial charge in [-0.15, -0.1) is 0 Å². The van der Waals surface area contributed by atoms with Crippen LogP contribution in [-0.2, 0) is 19.1 Å². The van der Waals surface area contributed by atoms with Gasteiger partial charge in [0.05, 0.1) is 19.1 Å². The van der Waals surface area contributed by atoms with Crippen LogP contribution in [-0.4, -0.2) is 73.9 Å². The van der Waals surface area contributed by atoms with Crippen molar-refractivity contribution < 1.29 is 43.8 Å². The molecule has 0 N–H and O–H groups in total. The molecule has 27 heavy (non-hydrogen) atoms. The standard InChI is InChI=1S/C7H8N6O14/c1-26-4(14)7(12(22)23,5(15)27-2)8(13(24)25)3-6(9(16)17,10(18)19)11(20)21/h3H2,1-2H3. The highest BCUT2D eigenvalue weighted by Crippen LogP contribution is 2.25. The monoisotopic (exact) mass is 400 g/mol. The summed E-state index contributed by atoms with van der Waals surface area (Å²) in [5.74, 6) is -9.38. The average Bonchev–Trinajstić information content (AvgIpc) is 2.55. The number of hydrazine groups is 1. The fourth-order valence-electron chi connectivity index (χ4n) is 1.69. The van der Waals surface area contributed by atoms with Gasteiger partial charge in [-0.1, -0.05) is 0 Å². The van der Waals surface area contributed by atoms with Crippen LogP contribution in [0, 0.1) is 50.6 Å². The van der Waals surface area contributed by atoms with Gasteiger partial charge in [0, 0.05) is 0 Å². The molecular weight excluding hydrogens is 392 g/mol. The Kier molecular flexibility index (Phi) is 6.53. The summed E-state index contributed by atoms with van der Waals surface area (Å²) in [7, 11) is 0.812. The molecule has 0 aromatic rings. The van der Waals surface area contributed by atoms with Gasteiger partial charge in [-0.05, 0) is 5.01 Å². The molecule has 0 aromatic carbocycles. The summed E-state index contributed by atoms with van der Waals surface area (Å²) >= 11 is 0. The number of nitro groups is 5. The molecule has 0 aliphatic heterocycles. The SMILES string of the molecule is COC(=O)C(C(=O)OC)(N(CC([N+](=O)[O-])([N+](=O)[O-])[N+](=O)[O-])[N+](=O)[O-])[N+](=O)[O-]. The maximum Gasteiger partial charge on any atom is 0.723 e. The average molecular weight is 400 g/mol. The predicted octanol–water partition coefficient (Wildman–Crippen LogP) is -2.72. The molecule has 0 amide bonds. The Morgan fingerprint density at radius 3 is 1.30 bits per heavy atom. The number of carbonyl (C=O) groups excluding carboxylic acids is 2. The Bertz CT molecular complexity index is 665. The van der Waals surface area contributed by atoms with Gasteiger partial charge in [0.1, 0.15) is 0 Å². The van der Waals surface area contributed by atoms with E-state index in [9.17, 15) is 60.2 Å². The number of hydrogen-bond acceptors (Lipinski definition) is 14. The van der Waals surface area contributed by atoms with Gasteiger partial charge in [-0.2, -0.15) is 0 Å². The highest BCUT2D eigenvalue weighted by atomic mass is 16.7. The third kappa shape index (κ3) is 3.29. The Balaban J connectivity index is 7.01. The van der Waals surface area contributed by atoms with Gasteiger partial charge in [-0.3, -0.25) is 40.5 Å². The van der Waals surface area contributed by atoms with Crippen molar-refractivity contribution in [3.05, 3.63) is 50.6 Å². The van der Waals surface area contributed by atoms with Crippen LogP contribution < -0.4 is 0 Å². The molecular formula is C7H8N6O14. The van der Waals surface area contributed by atoms with E-state index in [1.807, 2.05) is 0 Å². The number of hydrogen-bond donors (Lipinski definition) is 0. The van der Waals surface area contributed by atoms with E-state index in [0.29, 0.717) is 14.2 Å². The largest absolute Gasteiger partial charge is 0.723 e. The summed E-state index contributed by atoms with van der Waals surface area (Å²) in [5.41, 5.74) is -4.36. The number of esters is 2. The van der Waals surface area contributed by atoms with Gasteiger partial charge in [-0.25, -0.2) is 19.7 Å². The quantitative estimate of drug-likeness (QED) is 0.118. The maximum atomic E-state index is 11.8. The lowest BCUT2D eigenvalue weighted by molar-refractivity contribution is -0.975. The number of ether oxygens (including phenoxy) is 2. The second kappa shape index (κ2) is 7.75. The summed E-state index contributed by atoms with van der Waals surface area (Å²) in [6, 6.07) is 0. The van der Waals surface area contributed by atoms with Crippen LogP contribution in [0.15, 0.2) is 0 Å². The summed E-state index contributed by atoms with van der Waals surface area (Å²) < 4.78 is 7.78. The highest BCUT2D eigenvalue weighted by Gasteiger charge is 2.81. The Hall–Kier alpha value is -4.26. The molecule has 0 bridgehead atoms. The first kappa shape index (κ1) is 22.7. The maximum absolute atomic E-state index is 11.8. The molecule has 0 aliphatic rings. The zero-order valence-electron chi connectivity index (χ0n) is 13.1. The van der Waals surface area contributed by atoms with E-state index in [-0.39, 0.29) is 0 Å². The predicted molar refractivity (Wildman–Crippen MR) is 71.2 cm³/mol. The normalized spacial score (nSPS) is 11.0. The van der Waals surface area contributed by atoms with Crippen LogP contribution in [0.5, 0.6) is 0 Å². The Morgan fingerprint density at radius 2 is 1.11 bits per heavy atom. The minimum atomic E-state index is -4.66. The molecule has 20 heteroatoms. The van der Waals surface area contributed by atoms with Crippen molar-refractivity contribution in [2.24, 2.45) is 0 Å². The molecule has 0 unspecified atom stereocenters. The van der Waals surface area contributed by atoms with E-state index >= 15 is 0 Å². The molecule has 0 radical (unpaired) electrons. The molecule has 0 fully saturated rings. The number of methoxy groups -OCH3 is 2. The van der Waals surface area contributed by atoms with Crippen LogP contribution in [0.25, 0.3) is 0 Å². The lowest BCUT2D eigenvalue weighted by Gasteiger charge is -2.24. The van der Waals surface area contributed by atoms with E-state index in [4.69, 9.17) is 0 Å². The summed E-state index contributed by atoms with van der Waals surface area (Å²) in [5, 5.41) is 51.9. The smallest absolute Gasteiger partial charge is 0.462 e. The molecule has 0 rings (SSSR count). The second-order valence-electron chi connectivity index (χ2n) is 4.25. The molecule has 0 saturated heterocycles. The van der Waals surface area contributed by atoms with Gasteiger partial charge in [0.25, 0.3) is 0 Å². The van der Waals surface area contributed by atoms with Crippen molar-refractivity contribution in [3.63, 3.8) is 0 Å². The van der Waals surface area contributed by atoms with Gasteiger partial charge < -0.3 is 9.47 Å². The minimum Gasteiger partial charge on any atom is -0.462 e. The highest BCUT2D eigenvalue weighted by molar-refractivity contribution is 6.02. The zero-order valence-corrected chi connectivity index (χ0v) is 13.1. The number of nitrogens with zero attached hydrogens (tertiary/aromatic N) is 6. The van der Waals surface area contributed by atoms with E-state index in [2.05, 4.69) is 9.47 Å². The first-order valence-electron chi connectivity index (χ1n) is 5.95. The summed E-state index contributed by atoms with van der Waals surface area (Å²) in [4.78, 5) is 70.2. The van der Waals surface area contributed by atoms with E-state index in [0.717, 1.165) is 0 Å². The van der Waals surface area contributed by atoms with Crippen LogP contribution in [0.2, 0.25) is 0 Å².